The first kappa shape index (κ1) is 16.5. The highest BCUT2D eigenvalue weighted by Gasteiger charge is 2.24. The van der Waals surface area contributed by atoms with E-state index in [9.17, 15) is 17.6 Å². The van der Waals surface area contributed by atoms with Crippen LogP contribution in [0.15, 0.2) is 18.2 Å². The molecular weight excluding hydrogens is 326 g/mol. The van der Waals surface area contributed by atoms with E-state index in [0.717, 1.165) is 25.7 Å². The maximum absolute atomic E-state index is 13.9. The predicted octanol–water partition coefficient (Wildman–Crippen LogP) is 4.64. The van der Waals surface area contributed by atoms with Crippen LogP contribution in [0.25, 0.3) is 11.1 Å². The summed E-state index contributed by atoms with van der Waals surface area (Å²) in [5, 5.41) is 0. The van der Waals surface area contributed by atoms with Gasteiger partial charge in [0.2, 0.25) is 0 Å². The minimum atomic E-state index is -1.70. The minimum Gasteiger partial charge on any atom is -0.493 e. The first-order valence-corrected chi connectivity index (χ1v) is 7.56. The van der Waals surface area contributed by atoms with Crippen LogP contribution in [0, 0.1) is 23.5 Å². The molecule has 0 bridgehead atoms. The number of methoxy groups -OCH3 is 1. The summed E-state index contributed by atoms with van der Waals surface area (Å²) in [5.74, 6) is -5.84. The molecule has 0 aliphatic heterocycles. The number of ether oxygens (including phenoxy) is 2. The Bertz CT molecular complexity index is 734. The molecule has 24 heavy (non-hydrogen) atoms. The van der Waals surface area contributed by atoms with Gasteiger partial charge < -0.3 is 9.47 Å². The van der Waals surface area contributed by atoms with E-state index in [1.165, 1.54) is 25.3 Å². The summed E-state index contributed by atoms with van der Waals surface area (Å²) in [6.45, 7) is 0. The van der Waals surface area contributed by atoms with Gasteiger partial charge in [-0.15, -0.1) is 0 Å². The summed E-state index contributed by atoms with van der Waals surface area (Å²) in [6, 6.07) is 4.06. The molecule has 1 heterocycles. The third-order valence-corrected chi connectivity index (χ3v) is 4.05. The predicted molar refractivity (Wildman–Crippen MR) is 78.9 cm³/mol. The lowest BCUT2D eigenvalue weighted by Gasteiger charge is -2.17. The van der Waals surface area contributed by atoms with Crippen molar-refractivity contribution in [2.45, 2.75) is 31.8 Å². The van der Waals surface area contributed by atoms with Gasteiger partial charge in [0.15, 0.2) is 23.1 Å². The quantitative estimate of drug-likeness (QED) is 0.600. The molecule has 1 aliphatic rings. The Morgan fingerprint density at radius 1 is 0.958 bits per heavy atom. The SMILES string of the molecule is COc1ccc(-c2c(F)c(F)nc(F)c2F)cc1OC1CCCC1. The molecule has 1 fully saturated rings. The number of nitrogens with zero attached hydrogens (tertiary/aromatic N) is 1. The Morgan fingerprint density at radius 2 is 1.58 bits per heavy atom. The molecule has 0 N–H and O–H groups in total. The first-order chi connectivity index (χ1) is 11.5. The van der Waals surface area contributed by atoms with Gasteiger partial charge in [0, 0.05) is 0 Å². The molecule has 1 aromatic carbocycles. The van der Waals surface area contributed by atoms with Crippen molar-refractivity contribution in [2.24, 2.45) is 0 Å². The van der Waals surface area contributed by atoms with E-state index in [0.29, 0.717) is 5.75 Å². The lowest BCUT2D eigenvalue weighted by atomic mass is 10.0. The summed E-state index contributed by atoms with van der Waals surface area (Å²) in [4.78, 5) is 2.56. The summed E-state index contributed by atoms with van der Waals surface area (Å²) in [6.07, 6.45) is 3.80. The zero-order valence-electron chi connectivity index (χ0n) is 12.9. The molecule has 1 saturated carbocycles. The van der Waals surface area contributed by atoms with Crippen LogP contribution in [0.4, 0.5) is 17.6 Å². The Morgan fingerprint density at radius 3 is 2.17 bits per heavy atom. The molecule has 0 radical (unpaired) electrons. The molecule has 7 heteroatoms. The lowest BCUT2D eigenvalue weighted by Crippen LogP contribution is -2.11. The first-order valence-electron chi connectivity index (χ1n) is 7.56. The van der Waals surface area contributed by atoms with Gasteiger partial charge in [-0.05, 0) is 43.4 Å². The second kappa shape index (κ2) is 6.67. The van der Waals surface area contributed by atoms with E-state index in [-0.39, 0.29) is 17.4 Å². The number of hydrogen-bond donors (Lipinski definition) is 0. The summed E-state index contributed by atoms with van der Waals surface area (Å²) < 4.78 is 65.5. The molecule has 3 nitrogen and oxygen atoms in total. The summed E-state index contributed by atoms with van der Waals surface area (Å²) in [5.41, 5.74) is -0.877. The van der Waals surface area contributed by atoms with Crippen LogP contribution in [0.3, 0.4) is 0 Å². The standard InChI is InChI=1S/C17H15F4NO2/c1-23-11-7-6-9(8-12(11)24-10-4-2-3-5-10)13-14(18)16(20)22-17(21)15(13)19/h6-8,10H,2-5H2,1H3. The van der Waals surface area contributed by atoms with E-state index in [1.807, 2.05) is 0 Å². The van der Waals surface area contributed by atoms with Crippen LogP contribution in [0.5, 0.6) is 11.5 Å². The van der Waals surface area contributed by atoms with Crippen molar-refractivity contribution in [3.63, 3.8) is 0 Å². The van der Waals surface area contributed by atoms with Crippen LogP contribution in [-0.4, -0.2) is 18.2 Å². The fourth-order valence-corrected chi connectivity index (χ4v) is 2.85. The highest BCUT2D eigenvalue weighted by atomic mass is 19.2. The van der Waals surface area contributed by atoms with Crippen molar-refractivity contribution >= 4 is 0 Å². The maximum Gasteiger partial charge on any atom is 0.252 e. The highest BCUT2D eigenvalue weighted by Crippen LogP contribution is 2.37. The van der Waals surface area contributed by atoms with Gasteiger partial charge in [-0.2, -0.15) is 13.8 Å². The molecule has 0 amide bonds. The second-order valence-electron chi connectivity index (χ2n) is 5.59. The second-order valence-corrected chi connectivity index (χ2v) is 5.59. The zero-order chi connectivity index (χ0) is 17.3. The average molecular weight is 341 g/mol. The van der Waals surface area contributed by atoms with Crippen molar-refractivity contribution in [1.29, 1.82) is 0 Å². The van der Waals surface area contributed by atoms with Crippen LogP contribution in [-0.2, 0) is 0 Å². The van der Waals surface area contributed by atoms with Crippen LogP contribution in [0.1, 0.15) is 25.7 Å². The van der Waals surface area contributed by atoms with Crippen LogP contribution >= 0.6 is 0 Å². The van der Waals surface area contributed by atoms with Crippen molar-refractivity contribution in [2.75, 3.05) is 7.11 Å². The van der Waals surface area contributed by atoms with E-state index in [4.69, 9.17) is 9.47 Å². The number of aromatic nitrogens is 1. The van der Waals surface area contributed by atoms with Gasteiger partial charge >= 0.3 is 0 Å². The maximum atomic E-state index is 13.9. The van der Waals surface area contributed by atoms with E-state index in [1.54, 1.807) is 0 Å². The number of hydrogen-bond acceptors (Lipinski definition) is 3. The van der Waals surface area contributed by atoms with Gasteiger partial charge in [-0.3, -0.25) is 0 Å². The molecule has 0 saturated heterocycles. The number of rotatable bonds is 4. The smallest absolute Gasteiger partial charge is 0.252 e. The number of halogens is 4. The highest BCUT2D eigenvalue weighted by molar-refractivity contribution is 5.68. The molecule has 1 aliphatic carbocycles. The monoisotopic (exact) mass is 341 g/mol. The van der Waals surface area contributed by atoms with Gasteiger partial charge in [0.1, 0.15) is 0 Å². The fraction of sp³-hybridized carbons (Fsp3) is 0.353. The number of pyridine rings is 1. The molecule has 0 atom stereocenters. The van der Waals surface area contributed by atoms with E-state index < -0.39 is 29.1 Å². The Balaban J connectivity index is 2.06. The molecule has 3 rings (SSSR count). The molecule has 2 aromatic rings. The molecule has 1 aromatic heterocycles. The Labute approximate surface area is 136 Å². The fourth-order valence-electron chi connectivity index (χ4n) is 2.85. The Hall–Kier alpha value is -2.31. The molecule has 128 valence electrons. The third-order valence-electron chi connectivity index (χ3n) is 4.05. The topological polar surface area (TPSA) is 31.4 Å². The van der Waals surface area contributed by atoms with Gasteiger partial charge in [-0.25, -0.2) is 8.78 Å². The largest absolute Gasteiger partial charge is 0.493 e. The van der Waals surface area contributed by atoms with Crippen LogP contribution in [0.2, 0.25) is 0 Å². The van der Waals surface area contributed by atoms with Gasteiger partial charge in [-0.1, -0.05) is 6.07 Å². The normalized spacial score (nSPS) is 14.9. The van der Waals surface area contributed by atoms with Crippen molar-refractivity contribution in [3.05, 3.63) is 41.7 Å². The van der Waals surface area contributed by atoms with Crippen LogP contribution < -0.4 is 9.47 Å². The lowest BCUT2D eigenvalue weighted by molar-refractivity contribution is 0.201. The van der Waals surface area contributed by atoms with E-state index >= 15 is 0 Å². The molecular formula is C17H15F4NO2. The number of benzene rings is 1. The van der Waals surface area contributed by atoms with E-state index in [2.05, 4.69) is 4.98 Å². The van der Waals surface area contributed by atoms with Gasteiger partial charge in [0.05, 0.1) is 18.8 Å². The van der Waals surface area contributed by atoms with Crippen molar-refractivity contribution in [3.8, 4) is 22.6 Å². The zero-order valence-corrected chi connectivity index (χ0v) is 12.9. The third kappa shape index (κ3) is 3.02. The van der Waals surface area contributed by atoms with Crippen molar-refractivity contribution in [1.82, 2.24) is 4.98 Å². The Kier molecular flexibility index (Phi) is 4.59. The minimum absolute atomic E-state index is 0.0187. The molecule has 0 unspecified atom stereocenters. The average Bonchev–Trinajstić information content (AvgIpc) is 3.06. The summed E-state index contributed by atoms with van der Waals surface area (Å²) >= 11 is 0. The summed E-state index contributed by atoms with van der Waals surface area (Å²) in [7, 11) is 1.43. The van der Waals surface area contributed by atoms with Crippen molar-refractivity contribution < 1.29 is 27.0 Å². The van der Waals surface area contributed by atoms with Gasteiger partial charge in [0.25, 0.3) is 11.9 Å². The molecule has 0 spiro atoms.